The van der Waals surface area contributed by atoms with Gasteiger partial charge in [0.2, 0.25) is 5.95 Å². The maximum Gasteiger partial charge on any atom is 0.410 e. The summed E-state index contributed by atoms with van der Waals surface area (Å²) in [5, 5.41) is 0. The van der Waals surface area contributed by atoms with Crippen LogP contribution in [0.5, 0.6) is 0 Å². The van der Waals surface area contributed by atoms with Crippen LogP contribution in [0.1, 0.15) is 39.7 Å². The van der Waals surface area contributed by atoms with Gasteiger partial charge in [0, 0.05) is 24.7 Å². The van der Waals surface area contributed by atoms with E-state index in [2.05, 4.69) is 4.98 Å². The van der Waals surface area contributed by atoms with Crippen LogP contribution in [0.2, 0.25) is 0 Å². The number of likely N-dealkylation sites (tertiary alicyclic amines) is 1. The smallest absolute Gasteiger partial charge is 0.410 e. The number of carbonyl (C=O) groups excluding carboxylic acids is 1. The Labute approximate surface area is 147 Å². The zero-order valence-corrected chi connectivity index (χ0v) is 14.9. The first-order valence-corrected chi connectivity index (χ1v) is 8.61. The zero-order chi connectivity index (χ0) is 18.0. The highest BCUT2D eigenvalue weighted by atomic mass is 19.1. The van der Waals surface area contributed by atoms with Crippen molar-refractivity contribution in [3.05, 3.63) is 42.6 Å². The number of ether oxygens (including phenoxy) is 1. The van der Waals surface area contributed by atoms with Crippen molar-refractivity contribution in [1.29, 1.82) is 0 Å². The molecule has 1 fully saturated rings. The molecular formula is C19H24FN3O2. The fraction of sp³-hybridized carbons (Fsp3) is 0.474. The number of piperidine rings is 1. The van der Waals surface area contributed by atoms with Crippen LogP contribution >= 0.6 is 0 Å². The summed E-state index contributed by atoms with van der Waals surface area (Å²) in [6, 6.07) is 9.33. The Kier molecular flexibility index (Phi) is 4.79. The van der Waals surface area contributed by atoms with Gasteiger partial charge in [0.15, 0.2) is 0 Å². The SMILES string of the molecule is CC(C)(C)OC(=O)N1CCC(n2cnc(-c3ccccc3)c2F)CC1. The predicted molar refractivity (Wildman–Crippen MR) is 93.7 cm³/mol. The molecule has 0 spiro atoms. The zero-order valence-electron chi connectivity index (χ0n) is 14.9. The number of carbonyl (C=O) groups is 1. The van der Waals surface area contributed by atoms with Gasteiger partial charge in [-0.25, -0.2) is 9.78 Å². The van der Waals surface area contributed by atoms with Crippen molar-refractivity contribution >= 4 is 6.09 Å². The lowest BCUT2D eigenvalue weighted by Crippen LogP contribution is -2.42. The molecule has 25 heavy (non-hydrogen) atoms. The van der Waals surface area contributed by atoms with E-state index >= 15 is 0 Å². The molecule has 1 aliphatic rings. The molecule has 1 aliphatic heterocycles. The normalized spacial score (nSPS) is 16.1. The van der Waals surface area contributed by atoms with Crippen LogP contribution < -0.4 is 0 Å². The van der Waals surface area contributed by atoms with Crippen LogP contribution in [-0.4, -0.2) is 39.2 Å². The second-order valence-electron chi connectivity index (χ2n) is 7.36. The average molecular weight is 345 g/mol. The number of benzene rings is 1. The van der Waals surface area contributed by atoms with Gasteiger partial charge in [-0.15, -0.1) is 0 Å². The summed E-state index contributed by atoms with van der Waals surface area (Å²) >= 11 is 0. The molecule has 1 saturated heterocycles. The van der Waals surface area contributed by atoms with Crippen LogP contribution in [0.15, 0.2) is 36.7 Å². The van der Waals surface area contributed by atoms with Gasteiger partial charge >= 0.3 is 6.09 Å². The van der Waals surface area contributed by atoms with Crippen molar-refractivity contribution in [2.24, 2.45) is 0 Å². The van der Waals surface area contributed by atoms with E-state index in [0.29, 0.717) is 31.6 Å². The van der Waals surface area contributed by atoms with E-state index in [1.165, 1.54) is 0 Å². The van der Waals surface area contributed by atoms with Gasteiger partial charge in [0.25, 0.3) is 0 Å². The molecule has 134 valence electrons. The van der Waals surface area contributed by atoms with Crippen LogP contribution in [0.3, 0.4) is 0 Å². The molecule has 0 radical (unpaired) electrons. The Hall–Kier alpha value is -2.37. The molecule has 0 saturated carbocycles. The summed E-state index contributed by atoms with van der Waals surface area (Å²) in [5.74, 6) is -0.318. The molecule has 2 heterocycles. The lowest BCUT2D eigenvalue weighted by atomic mass is 10.1. The number of hydrogen-bond acceptors (Lipinski definition) is 3. The van der Waals surface area contributed by atoms with Crippen molar-refractivity contribution in [2.45, 2.75) is 45.3 Å². The second kappa shape index (κ2) is 6.86. The van der Waals surface area contributed by atoms with Gasteiger partial charge in [0.1, 0.15) is 11.3 Å². The third kappa shape index (κ3) is 4.00. The Morgan fingerprint density at radius 1 is 1.20 bits per heavy atom. The number of amides is 1. The highest BCUT2D eigenvalue weighted by Gasteiger charge is 2.29. The Balaban J connectivity index is 1.66. The standard InChI is InChI=1S/C19H24FN3O2/c1-19(2,3)25-18(24)22-11-9-15(10-12-22)23-13-21-16(17(23)20)14-7-5-4-6-8-14/h4-8,13,15H,9-12H2,1-3H3. The number of hydrogen-bond donors (Lipinski definition) is 0. The number of aromatic nitrogens is 2. The van der Waals surface area contributed by atoms with Gasteiger partial charge in [0.05, 0.1) is 6.33 Å². The van der Waals surface area contributed by atoms with E-state index in [9.17, 15) is 9.18 Å². The summed E-state index contributed by atoms with van der Waals surface area (Å²) in [7, 11) is 0. The molecule has 0 aliphatic carbocycles. The minimum atomic E-state index is -0.505. The van der Waals surface area contributed by atoms with Crippen molar-refractivity contribution in [1.82, 2.24) is 14.5 Å². The molecule has 5 nitrogen and oxygen atoms in total. The molecule has 0 N–H and O–H groups in total. The maximum atomic E-state index is 14.8. The number of nitrogens with zero attached hydrogens (tertiary/aromatic N) is 3. The molecule has 0 unspecified atom stereocenters. The highest BCUT2D eigenvalue weighted by Crippen LogP contribution is 2.28. The van der Waals surface area contributed by atoms with E-state index in [1.54, 1.807) is 15.8 Å². The largest absolute Gasteiger partial charge is 0.444 e. The van der Waals surface area contributed by atoms with Crippen molar-refractivity contribution in [2.75, 3.05) is 13.1 Å². The van der Waals surface area contributed by atoms with Crippen LogP contribution in [0.25, 0.3) is 11.3 Å². The maximum absolute atomic E-state index is 14.8. The molecule has 6 heteroatoms. The Bertz CT molecular complexity index is 729. The van der Waals surface area contributed by atoms with E-state index in [1.807, 2.05) is 51.1 Å². The van der Waals surface area contributed by atoms with Crippen LogP contribution in [0, 0.1) is 5.95 Å². The van der Waals surface area contributed by atoms with Gasteiger partial charge in [-0.2, -0.15) is 4.39 Å². The van der Waals surface area contributed by atoms with Crippen molar-refractivity contribution < 1.29 is 13.9 Å². The fourth-order valence-electron chi connectivity index (χ4n) is 3.04. The van der Waals surface area contributed by atoms with Crippen molar-refractivity contribution in [3.63, 3.8) is 0 Å². The van der Waals surface area contributed by atoms with Crippen LogP contribution in [0.4, 0.5) is 9.18 Å². The molecule has 1 aromatic heterocycles. The summed E-state index contributed by atoms with van der Waals surface area (Å²) in [4.78, 5) is 18.1. The average Bonchev–Trinajstić information content (AvgIpc) is 2.96. The Morgan fingerprint density at radius 2 is 1.84 bits per heavy atom. The van der Waals surface area contributed by atoms with E-state index in [0.717, 1.165) is 5.56 Å². The molecule has 1 amide bonds. The summed E-state index contributed by atoms with van der Waals surface area (Å²) in [5.41, 5.74) is 0.634. The lowest BCUT2D eigenvalue weighted by Gasteiger charge is -2.33. The third-order valence-corrected chi connectivity index (χ3v) is 4.29. The first-order chi connectivity index (χ1) is 11.8. The molecular weight excluding hydrogens is 321 g/mol. The van der Waals surface area contributed by atoms with Gasteiger partial charge < -0.3 is 14.2 Å². The van der Waals surface area contributed by atoms with E-state index in [-0.39, 0.29) is 18.1 Å². The second-order valence-corrected chi connectivity index (χ2v) is 7.36. The monoisotopic (exact) mass is 345 g/mol. The Morgan fingerprint density at radius 3 is 2.44 bits per heavy atom. The van der Waals surface area contributed by atoms with E-state index < -0.39 is 5.60 Å². The first kappa shape index (κ1) is 17.5. The van der Waals surface area contributed by atoms with Crippen LogP contribution in [-0.2, 0) is 4.74 Å². The summed E-state index contributed by atoms with van der Waals surface area (Å²) in [6.07, 6.45) is 2.62. The summed E-state index contributed by atoms with van der Waals surface area (Å²) < 4.78 is 21.8. The number of imidazole rings is 1. The van der Waals surface area contributed by atoms with Gasteiger partial charge in [-0.1, -0.05) is 30.3 Å². The van der Waals surface area contributed by atoms with Crippen molar-refractivity contribution in [3.8, 4) is 11.3 Å². The van der Waals surface area contributed by atoms with Gasteiger partial charge in [-0.3, -0.25) is 0 Å². The number of halogens is 1. The van der Waals surface area contributed by atoms with Gasteiger partial charge in [-0.05, 0) is 33.6 Å². The quantitative estimate of drug-likeness (QED) is 0.817. The minimum absolute atomic E-state index is 0.00338. The minimum Gasteiger partial charge on any atom is -0.444 e. The molecule has 2 aromatic rings. The molecule has 3 rings (SSSR count). The molecule has 0 atom stereocenters. The third-order valence-electron chi connectivity index (χ3n) is 4.29. The summed E-state index contributed by atoms with van der Waals surface area (Å²) in [6.45, 7) is 6.66. The number of rotatable bonds is 2. The fourth-order valence-corrected chi connectivity index (χ4v) is 3.04. The lowest BCUT2D eigenvalue weighted by molar-refractivity contribution is 0.0186. The molecule has 0 bridgehead atoms. The predicted octanol–water partition coefficient (Wildman–Crippen LogP) is 4.26. The van der Waals surface area contributed by atoms with E-state index in [4.69, 9.17) is 4.74 Å². The highest BCUT2D eigenvalue weighted by molar-refractivity contribution is 5.68. The topological polar surface area (TPSA) is 47.4 Å². The first-order valence-electron chi connectivity index (χ1n) is 8.61. The molecule has 1 aromatic carbocycles.